The standard InChI is InChI=1S/C12H19N3OS/c1-3-10-11(17-15-14-10)12(16)13-9-6-4-5-8(2)7-9/h8-9H,3-7H2,1-2H3,(H,13,16). The van der Waals surface area contributed by atoms with Gasteiger partial charge in [-0.05, 0) is 36.7 Å². The number of nitrogens with zero attached hydrogens (tertiary/aromatic N) is 2. The Hall–Kier alpha value is -0.970. The van der Waals surface area contributed by atoms with Crippen LogP contribution in [0.1, 0.15) is 54.9 Å². The minimum absolute atomic E-state index is 0.0101. The monoisotopic (exact) mass is 253 g/mol. The number of aromatic nitrogens is 2. The summed E-state index contributed by atoms with van der Waals surface area (Å²) < 4.78 is 3.85. The summed E-state index contributed by atoms with van der Waals surface area (Å²) in [5.41, 5.74) is 0.816. The highest BCUT2D eigenvalue weighted by molar-refractivity contribution is 7.08. The smallest absolute Gasteiger partial charge is 0.265 e. The van der Waals surface area contributed by atoms with E-state index in [0.717, 1.165) is 30.9 Å². The summed E-state index contributed by atoms with van der Waals surface area (Å²) in [5.74, 6) is 0.732. The summed E-state index contributed by atoms with van der Waals surface area (Å²) in [5, 5.41) is 7.09. The van der Waals surface area contributed by atoms with Gasteiger partial charge in [-0.1, -0.05) is 31.2 Å². The van der Waals surface area contributed by atoms with Gasteiger partial charge in [0, 0.05) is 6.04 Å². The lowest BCUT2D eigenvalue weighted by Gasteiger charge is -2.27. The average molecular weight is 253 g/mol. The van der Waals surface area contributed by atoms with Gasteiger partial charge in [0.25, 0.3) is 5.91 Å². The maximum atomic E-state index is 12.1. The van der Waals surface area contributed by atoms with Crippen LogP contribution in [0, 0.1) is 5.92 Å². The lowest BCUT2D eigenvalue weighted by atomic mass is 9.87. The second kappa shape index (κ2) is 5.58. The Bertz CT molecular complexity index is 391. The molecule has 1 fully saturated rings. The molecule has 1 amide bonds. The van der Waals surface area contributed by atoms with Gasteiger partial charge < -0.3 is 5.32 Å². The maximum absolute atomic E-state index is 12.1. The summed E-state index contributed by atoms with van der Waals surface area (Å²) in [4.78, 5) is 12.8. The van der Waals surface area contributed by atoms with E-state index in [2.05, 4.69) is 21.8 Å². The molecule has 0 bridgehead atoms. The van der Waals surface area contributed by atoms with Crippen molar-refractivity contribution in [2.75, 3.05) is 0 Å². The normalized spacial score (nSPS) is 24.6. The molecule has 1 saturated carbocycles. The third-order valence-electron chi connectivity index (χ3n) is 3.37. The summed E-state index contributed by atoms with van der Waals surface area (Å²) >= 11 is 1.20. The van der Waals surface area contributed by atoms with Gasteiger partial charge >= 0.3 is 0 Å². The Morgan fingerprint density at radius 3 is 3.06 bits per heavy atom. The first-order chi connectivity index (χ1) is 8.20. The van der Waals surface area contributed by atoms with Crippen molar-refractivity contribution in [2.24, 2.45) is 5.92 Å². The molecule has 2 unspecified atom stereocenters. The first-order valence-electron chi connectivity index (χ1n) is 6.32. The largest absolute Gasteiger partial charge is 0.348 e. The molecule has 0 saturated heterocycles. The number of nitrogens with one attached hydrogen (secondary N) is 1. The van der Waals surface area contributed by atoms with Crippen LogP contribution < -0.4 is 5.32 Å². The van der Waals surface area contributed by atoms with E-state index in [9.17, 15) is 4.79 Å². The van der Waals surface area contributed by atoms with Crippen LogP contribution in [0.25, 0.3) is 0 Å². The molecule has 94 valence electrons. The van der Waals surface area contributed by atoms with Crippen molar-refractivity contribution in [3.63, 3.8) is 0 Å². The predicted molar refractivity (Wildman–Crippen MR) is 68.2 cm³/mol. The van der Waals surface area contributed by atoms with Crippen molar-refractivity contribution in [3.05, 3.63) is 10.6 Å². The number of hydrogen-bond acceptors (Lipinski definition) is 4. The quantitative estimate of drug-likeness (QED) is 0.900. The molecule has 1 aromatic rings. The van der Waals surface area contributed by atoms with Crippen LogP contribution in [0.3, 0.4) is 0 Å². The SMILES string of the molecule is CCc1nnsc1C(=O)NC1CCCC(C)C1. The first-order valence-corrected chi connectivity index (χ1v) is 7.10. The van der Waals surface area contributed by atoms with E-state index in [1.54, 1.807) is 0 Å². The Kier molecular flexibility index (Phi) is 4.10. The molecule has 5 heteroatoms. The zero-order valence-electron chi connectivity index (χ0n) is 10.4. The Balaban J connectivity index is 1.97. The van der Waals surface area contributed by atoms with E-state index in [0.29, 0.717) is 10.9 Å². The Morgan fingerprint density at radius 1 is 1.53 bits per heavy atom. The highest BCUT2D eigenvalue weighted by Crippen LogP contribution is 2.24. The molecule has 1 aromatic heterocycles. The number of carbonyl (C=O) groups excluding carboxylic acids is 1. The molecule has 0 aliphatic heterocycles. The third kappa shape index (κ3) is 3.03. The number of rotatable bonds is 3. The van der Waals surface area contributed by atoms with Gasteiger partial charge in [0.15, 0.2) is 0 Å². The zero-order valence-corrected chi connectivity index (χ0v) is 11.2. The molecular weight excluding hydrogens is 234 g/mol. The van der Waals surface area contributed by atoms with Crippen molar-refractivity contribution in [1.82, 2.24) is 14.9 Å². The van der Waals surface area contributed by atoms with Crippen LogP contribution in [0.5, 0.6) is 0 Å². The van der Waals surface area contributed by atoms with Gasteiger partial charge in [-0.25, -0.2) is 0 Å². The van der Waals surface area contributed by atoms with Gasteiger partial charge in [0.05, 0.1) is 5.69 Å². The van der Waals surface area contributed by atoms with Crippen molar-refractivity contribution in [2.45, 2.75) is 52.0 Å². The lowest BCUT2D eigenvalue weighted by molar-refractivity contribution is 0.0924. The molecule has 1 N–H and O–H groups in total. The molecule has 1 heterocycles. The van der Waals surface area contributed by atoms with Gasteiger partial charge in [-0.2, -0.15) is 0 Å². The molecule has 2 atom stereocenters. The van der Waals surface area contributed by atoms with Crippen LogP contribution in [-0.2, 0) is 6.42 Å². The van der Waals surface area contributed by atoms with E-state index in [4.69, 9.17) is 0 Å². The van der Waals surface area contributed by atoms with Crippen molar-refractivity contribution in [3.8, 4) is 0 Å². The highest BCUT2D eigenvalue weighted by Gasteiger charge is 2.23. The Morgan fingerprint density at radius 2 is 2.35 bits per heavy atom. The van der Waals surface area contributed by atoms with E-state index >= 15 is 0 Å². The molecule has 2 rings (SSSR count). The van der Waals surface area contributed by atoms with Crippen LogP contribution in [-0.4, -0.2) is 21.5 Å². The summed E-state index contributed by atoms with van der Waals surface area (Å²) in [7, 11) is 0. The van der Waals surface area contributed by atoms with Gasteiger partial charge in [0.1, 0.15) is 4.88 Å². The fourth-order valence-corrected chi connectivity index (χ4v) is 3.08. The summed E-state index contributed by atoms with van der Waals surface area (Å²) in [6.07, 6.45) is 5.46. The molecular formula is C12H19N3OS. The predicted octanol–water partition coefficient (Wildman–Crippen LogP) is 2.41. The zero-order chi connectivity index (χ0) is 12.3. The number of carbonyl (C=O) groups is 1. The fraction of sp³-hybridized carbons (Fsp3) is 0.750. The molecule has 0 radical (unpaired) electrons. The number of hydrogen-bond donors (Lipinski definition) is 1. The highest BCUT2D eigenvalue weighted by atomic mass is 32.1. The van der Waals surface area contributed by atoms with Crippen LogP contribution in [0.15, 0.2) is 0 Å². The van der Waals surface area contributed by atoms with Crippen LogP contribution in [0.2, 0.25) is 0 Å². The number of amides is 1. The van der Waals surface area contributed by atoms with Crippen molar-refractivity contribution in [1.29, 1.82) is 0 Å². The van der Waals surface area contributed by atoms with E-state index < -0.39 is 0 Å². The average Bonchev–Trinajstić information content (AvgIpc) is 2.77. The summed E-state index contributed by atoms with van der Waals surface area (Å²) in [6.45, 7) is 4.25. The minimum Gasteiger partial charge on any atom is -0.348 e. The fourth-order valence-electron chi connectivity index (χ4n) is 2.43. The molecule has 1 aliphatic carbocycles. The third-order valence-corrected chi connectivity index (χ3v) is 4.14. The van der Waals surface area contributed by atoms with Crippen molar-refractivity contribution < 1.29 is 4.79 Å². The Labute approximate surface area is 106 Å². The van der Waals surface area contributed by atoms with Gasteiger partial charge in [0.2, 0.25) is 0 Å². The minimum atomic E-state index is 0.0101. The lowest BCUT2D eigenvalue weighted by Crippen LogP contribution is -2.38. The molecule has 1 aliphatic rings. The topological polar surface area (TPSA) is 54.9 Å². The van der Waals surface area contributed by atoms with Gasteiger partial charge in [-0.3, -0.25) is 4.79 Å². The molecule has 4 nitrogen and oxygen atoms in total. The van der Waals surface area contributed by atoms with E-state index in [-0.39, 0.29) is 5.91 Å². The van der Waals surface area contributed by atoms with E-state index in [1.165, 1.54) is 24.4 Å². The molecule has 0 spiro atoms. The van der Waals surface area contributed by atoms with Gasteiger partial charge in [-0.15, -0.1) is 5.10 Å². The maximum Gasteiger partial charge on any atom is 0.265 e. The molecule has 17 heavy (non-hydrogen) atoms. The number of aryl methyl sites for hydroxylation is 1. The second-order valence-corrected chi connectivity index (χ2v) is 5.60. The summed E-state index contributed by atoms with van der Waals surface area (Å²) in [6, 6.07) is 0.332. The van der Waals surface area contributed by atoms with Crippen molar-refractivity contribution >= 4 is 17.4 Å². The van der Waals surface area contributed by atoms with E-state index in [1.807, 2.05) is 6.92 Å². The van der Waals surface area contributed by atoms with Crippen LogP contribution >= 0.6 is 11.5 Å². The molecule has 0 aromatic carbocycles. The second-order valence-electron chi connectivity index (χ2n) is 4.84. The first kappa shape index (κ1) is 12.5. The van der Waals surface area contributed by atoms with Crippen LogP contribution in [0.4, 0.5) is 0 Å².